The van der Waals surface area contributed by atoms with Gasteiger partial charge in [-0.3, -0.25) is 9.52 Å². The van der Waals surface area contributed by atoms with E-state index < -0.39 is 26.6 Å². The third-order valence-electron chi connectivity index (χ3n) is 4.23. The summed E-state index contributed by atoms with van der Waals surface area (Å²) in [5, 5.41) is 0. The molecule has 144 valence electrons. The Morgan fingerprint density at radius 1 is 1.15 bits per heavy atom. The molecule has 3 rings (SSSR count). The number of carbonyl (C=O) groups excluding carboxylic acids is 1. The molecule has 0 unspecified atom stereocenters. The Balaban J connectivity index is 1.88. The maximum absolute atomic E-state index is 13.8. The number of amides is 1. The minimum Gasteiger partial charge on any atom is -0.383 e. The molecule has 9 heteroatoms. The number of hydrogen-bond donors (Lipinski definition) is 1. The smallest absolute Gasteiger partial charge is 0.264 e. The normalized spacial score (nSPS) is 14.2. The van der Waals surface area contributed by atoms with Crippen molar-refractivity contribution in [3.63, 3.8) is 0 Å². The molecule has 1 aliphatic rings. The van der Waals surface area contributed by atoms with E-state index in [0.717, 1.165) is 17.7 Å². The third-order valence-corrected chi connectivity index (χ3v) is 5.65. The van der Waals surface area contributed by atoms with Crippen LogP contribution >= 0.6 is 0 Å². The molecule has 2 aromatic carbocycles. The average molecular weight is 396 g/mol. The number of nitrogens with zero attached hydrogens (tertiary/aromatic N) is 1. The molecule has 0 saturated carbocycles. The van der Waals surface area contributed by atoms with E-state index in [0.29, 0.717) is 37.7 Å². The number of halogens is 2. The summed E-state index contributed by atoms with van der Waals surface area (Å²) < 4.78 is 59.0. The Kier molecular flexibility index (Phi) is 5.43. The number of hydrogen-bond acceptors (Lipinski definition) is 4. The van der Waals surface area contributed by atoms with E-state index in [9.17, 15) is 22.0 Å². The first-order valence-electron chi connectivity index (χ1n) is 8.22. The molecule has 0 aromatic heterocycles. The van der Waals surface area contributed by atoms with Gasteiger partial charge in [0.15, 0.2) is 0 Å². The van der Waals surface area contributed by atoms with Gasteiger partial charge in [0.1, 0.15) is 16.5 Å². The fourth-order valence-corrected chi connectivity index (χ4v) is 4.06. The van der Waals surface area contributed by atoms with E-state index in [1.165, 1.54) is 6.07 Å². The SMILES string of the molecule is COCCN1C(=O)CCc2cc(NS(=O)(=O)c3ccc(F)cc3F)ccc21. The van der Waals surface area contributed by atoms with Gasteiger partial charge in [-0.25, -0.2) is 17.2 Å². The van der Waals surface area contributed by atoms with Gasteiger partial charge in [0, 0.05) is 37.5 Å². The average Bonchev–Trinajstić information content (AvgIpc) is 2.60. The van der Waals surface area contributed by atoms with Crippen LogP contribution in [0.3, 0.4) is 0 Å². The monoisotopic (exact) mass is 396 g/mol. The zero-order valence-electron chi connectivity index (χ0n) is 14.5. The molecule has 27 heavy (non-hydrogen) atoms. The van der Waals surface area contributed by atoms with Gasteiger partial charge in [-0.15, -0.1) is 0 Å². The van der Waals surface area contributed by atoms with Crippen LogP contribution in [0.4, 0.5) is 20.2 Å². The van der Waals surface area contributed by atoms with E-state index in [4.69, 9.17) is 4.74 Å². The third kappa shape index (κ3) is 4.09. The van der Waals surface area contributed by atoms with Gasteiger partial charge in [-0.2, -0.15) is 0 Å². The van der Waals surface area contributed by atoms with Crippen molar-refractivity contribution in [3.8, 4) is 0 Å². The molecule has 1 N–H and O–H groups in total. The van der Waals surface area contributed by atoms with Crippen molar-refractivity contribution in [2.24, 2.45) is 0 Å². The second kappa shape index (κ2) is 7.61. The molecule has 0 radical (unpaired) electrons. The van der Waals surface area contributed by atoms with Gasteiger partial charge in [-0.1, -0.05) is 0 Å². The molecule has 2 aromatic rings. The number of nitrogens with one attached hydrogen (secondary N) is 1. The highest BCUT2D eigenvalue weighted by Gasteiger charge is 2.25. The Hall–Kier alpha value is -2.52. The molecule has 1 heterocycles. The molecule has 0 atom stereocenters. The Morgan fingerprint density at radius 2 is 1.93 bits per heavy atom. The summed E-state index contributed by atoms with van der Waals surface area (Å²) in [6.45, 7) is 0.775. The Labute approximate surface area is 155 Å². The highest BCUT2D eigenvalue weighted by Crippen LogP contribution is 2.31. The van der Waals surface area contributed by atoms with Crippen LogP contribution in [0, 0.1) is 11.6 Å². The minimum atomic E-state index is -4.22. The number of carbonyl (C=O) groups is 1. The van der Waals surface area contributed by atoms with Crippen LogP contribution in [0.5, 0.6) is 0 Å². The summed E-state index contributed by atoms with van der Waals surface area (Å²) in [7, 11) is -2.67. The first-order valence-corrected chi connectivity index (χ1v) is 9.70. The number of methoxy groups -OCH3 is 1. The molecule has 1 amide bonds. The van der Waals surface area contributed by atoms with Crippen molar-refractivity contribution in [2.75, 3.05) is 29.9 Å². The number of aryl methyl sites for hydroxylation is 1. The van der Waals surface area contributed by atoms with Gasteiger partial charge in [0.2, 0.25) is 5.91 Å². The van der Waals surface area contributed by atoms with E-state index in [-0.39, 0.29) is 11.6 Å². The molecule has 0 fully saturated rings. The van der Waals surface area contributed by atoms with Crippen molar-refractivity contribution in [3.05, 3.63) is 53.6 Å². The predicted octanol–water partition coefficient (Wildman–Crippen LogP) is 2.69. The van der Waals surface area contributed by atoms with Crippen LogP contribution in [0.15, 0.2) is 41.3 Å². The van der Waals surface area contributed by atoms with Crippen LogP contribution in [0.1, 0.15) is 12.0 Å². The highest BCUT2D eigenvalue weighted by atomic mass is 32.2. The van der Waals surface area contributed by atoms with Gasteiger partial charge >= 0.3 is 0 Å². The lowest BCUT2D eigenvalue weighted by Gasteiger charge is -2.29. The van der Waals surface area contributed by atoms with Crippen molar-refractivity contribution >= 4 is 27.3 Å². The summed E-state index contributed by atoms with van der Waals surface area (Å²) in [6, 6.07) is 7.01. The van der Waals surface area contributed by atoms with Crippen LogP contribution in [0.2, 0.25) is 0 Å². The van der Waals surface area contributed by atoms with Crippen LogP contribution in [-0.4, -0.2) is 34.6 Å². The zero-order chi connectivity index (χ0) is 19.6. The molecule has 0 spiro atoms. The number of fused-ring (bicyclic) bond motifs is 1. The lowest BCUT2D eigenvalue weighted by molar-refractivity contribution is -0.119. The quantitative estimate of drug-likeness (QED) is 0.815. The zero-order valence-corrected chi connectivity index (χ0v) is 15.4. The number of anilines is 2. The predicted molar refractivity (Wildman–Crippen MR) is 96.2 cm³/mol. The van der Waals surface area contributed by atoms with Crippen molar-refractivity contribution in [2.45, 2.75) is 17.7 Å². The van der Waals surface area contributed by atoms with E-state index in [2.05, 4.69) is 4.72 Å². The first kappa shape index (κ1) is 19.2. The second-order valence-corrected chi connectivity index (χ2v) is 7.71. The van der Waals surface area contributed by atoms with Gasteiger partial charge in [0.25, 0.3) is 10.0 Å². The number of rotatable bonds is 6. The second-order valence-electron chi connectivity index (χ2n) is 6.06. The lowest BCUT2D eigenvalue weighted by Crippen LogP contribution is -2.37. The fraction of sp³-hybridized carbons (Fsp3) is 0.278. The highest BCUT2D eigenvalue weighted by molar-refractivity contribution is 7.92. The summed E-state index contributed by atoms with van der Waals surface area (Å²) in [6.07, 6.45) is 0.775. The minimum absolute atomic E-state index is 0.0266. The maximum atomic E-state index is 13.8. The molecular weight excluding hydrogens is 378 g/mol. The fourth-order valence-electron chi connectivity index (χ4n) is 2.95. The largest absolute Gasteiger partial charge is 0.383 e. The molecule has 0 bridgehead atoms. The molecule has 6 nitrogen and oxygen atoms in total. The number of sulfonamides is 1. The summed E-state index contributed by atoms with van der Waals surface area (Å²) in [4.78, 5) is 13.1. The van der Waals surface area contributed by atoms with Gasteiger partial charge in [-0.05, 0) is 42.3 Å². The first-order chi connectivity index (χ1) is 12.8. The molecular formula is C18H18F2N2O4S. The Morgan fingerprint density at radius 3 is 2.63 bits per heavy atom. The van der Waals surface area contributed by atoms with Crippen LogP contribution < -0.4 is 9.62 Å². The number of ether oxygens (including phenoxy) is 1. The summed E-state index contributed by atoms with van der Waals surface area (Å²) in [5.74, 6) is -2.06. The number of benzene rings is 2. The standard InChI is InChI=1S/C18H18F2N2O4S/c1-26-9-8-22-16-5-4-14(10-12(16)2-7-18(22)23)21-27(24,25)17-6-3-13(19)11-15(17)20/h3-6,10-11,21H,2,7-9H2,1H3. The molecule has 0 aliphatic carbocycles. The summed E-state index contributed by atoms with van der Waals surface area (Å²) in [5.41, 5.74) is 1.73. The van der Waals surface area contributed by atoms with E-state index in [1.54, 1.807) is 24.1 Å². The lowest BCUT2D eigenvalue weighted by atomic mass is 10.0. The molecule has 1 aliphatic heterocycles. The topological polar surface area (TPSA) is 75.7 Å². The summed E-state index contributed by atoms with van der Waals surface area (Å²) >= 11 is 0. The van der Waals surface area contributed by atoms with E-state index >= 15 is 0 Å². The van der Waals surface area contributed by atoms with Gasteiger partial charge < -0.3 is 9.64 Å². The van der Waals surface area contributed by atoms with Gasteiger partial charge in [0.05, 0.1) is 6.61 Å². The van der Waals surface area contributed by atoms with Crippen LogP contribution in [-0.2, 0) is 26.0 Å². The van der Waals surface area contributed by atoms with Crippen molar-refractivity contribution in [1.29, 1.82) is 0 Å². The Bertz CT molecular complexity index is 979. The van der Waals surface area contributed by atoms with Crippen molar-refractivity contribution < 1.29 is 26.7 Å². The van der Waals surface area contributed by atoms with Crippen LogP contribution in [0.25, 0.3) is 0 Å². The molecule has 0 saturated heterocycles. The van der Waals surface area contributed by atoms with Crippen molar-refractivity contribution in [1.82, 2.24) is 0 Å². The van der Waals surface area contributed by atoms with E-state index in [1.807, 2.05) is 0 Å². The maximum Gasteiger partial charge on any atom is 0.264 e.